The molecule has 0 rings (SSSR count). The van der Waals surface area contributed by atoms with Crippen molar-refractivity contribution >= 4 is 6.16 Å². The molecular weight excluding hydrogens is 208 g/mol. The van der Waals surface area contributed by atoms with Crippen molar-refractivity contribution in [2.75, 3.05) is 6.61 Å². The van der Waals surface area contributed by atoms with Crippen molar-refractivity contribution in [3.63, 3.8) is 0 Å². The minimum Gasteiger partial charge on any atom is -0.450 e. The van der Waals surface area contributed by atoms with E-state index in [1.54, 1.807) is 0 Å². The summed E-state index contributed by atoms with van der Waals surface area (Å²) < 4.78 is 53.7. The number of hydrogen-bond acceptors (Lipinski definition) is 2. The third kappa shape index (κ3) is 5.60. The van der Waals surface area contributed by atoms with E-state index in [1.807, 2.05) is 0 Å². The number of halogens is 4. The standard InChI is InChI=1S/C7H10F4O3/c1-2-6(8,9)3-7(10,11)4-14-5(12)13/h2-4H2,1H3,(H,12,13). The van der Waals surface area contributed by atoms with E-state index >= 15 is 0 Å². The number of ether oxygens (including phenoxy) is 1. The van der Waals surface area contributed by atoms with Gasteiger partial charge in [-0.15, -0.1) is 0 Å². The van der Waals surface area contributed by atoms with Gasteiger partial charge in [-0.1, -0.05) is 6.92 Å². The third-order valence-electron chi connectivity index (χ3n) is 1.44. The zero-order valence-electron chi connectivity index (χ0n) is 7.40. The van der Waals surface area contributed by atoms with Gasteiger partial charge in [-0.25, -0.2) is 22.4 Å². The van der Waals surface area contributed by atoms with Gasteiger partial charge in [0, 0.05) is 6.42 Å². The Balaban J connectivity index is 4.12. The van der Waals surface area contributed by atoms with Gasteiger partial charge in [0.25, 0.3) is 11.8 Å². The number of hydrogen-bond donors (Lipinski definition) is 1. The topological polar surface area (TPSA) is 46.5 Å². The molecular formula is C7H10F4O3. The quantitative estimate of drug-likeness (QED) is 0.570. The molecule has 0 aliphatic rings. The summed E-state index contributed by atoms with van der Waals surface area (Å²) in [6.07, 6.45) is -4.34. The molecule has 0 aromatic rings. The summed E-state index contributed by atoms with van der Waals surface area (Å²) in [7, 11) is 0. The number of carboxylic acid groups (broad SMARTS) is 1. The zero-order valence-corrected chi connectivity index (χ0v) is 7.40. The minimum atomic E-state index is -3.84. The fourth-order valence-electron chi connectivity index (χ4n) is 0.722. The summed E-state index contributed by atoms with van der Waals surface area (Å²) in [5.74, 6) is -7.34. The van der Waals surface area contributed by atoms with E-state index in [-0.39, 0.29) is 0 Å². The maximum absolute atomic E-state index is 12.6. The van der Waals surface area contributed by atoms with Crippen LogP contribution in [0.1, 0.15) is 19.8 Å². The van der Waals surface area contributed by atoms with E-state index in [2.05, 4.69) is 4.74 Å². The molecule has 0 aliphatic carbocycles. The predicted octanol–water partition coefficient (Wildman–Crippen LogP) is 2.75. The normalized spacial score (nSPS) is 12.6. The lowest BCUT2D eigenvalue weighted by atomic mass is 10.1. The van der Waals surface area contributed by atoms with Gasteiger partial charge in [0.05, 0.1) is 6.42 Å². The monoisotopic (exact) mass is 218 g/mol. The van der Waals surface area contributed by atoms with Crippen molar-refractivity contribution in [2.24, 2.45) is 0 Å². The lowest BCUT2D eigenvalue weighted by Gasteiger charge is -2.21. The van der Waals surface area contributed by atoms with Gasteiger partial charge >= 0.3 is 6.16 Å². The van der Waals surface area contributed by atoms with E-state index in [0.717, 1.165) is 6.92 Å². The van der Waals surface area contributed by atoms with Crippen LogP contribution < -0.4 is 0 Å². The molecule has 0 fully saturated rings. The van der Waals surface area contributed by atoms with E-state index in [1.165, 1.54) is 0 Å². The largest absolute Gasteiger partial charge is 0.505 e. The molecule has 0 bridgehead atoms. The van der Waals surface area contributed by atoms with Crippen LogP contribution in [0.25, 0.3) is 0 Å². The highest BCUT2D eigenvalue weighted by atomic mass is 19.3. The lowest BCUT2D eigenvalue weighted by molar-refractivity contribution is -0.136. The molecule has 0 spiro atoms. The Bertz CT molecular complexity index is 205. The first-order chi connectivity index (χ1) is 6.18. The Morgan fingerprint density at radius 3 is 2.14 bits per heavy atom. The van der Waals surface area contributed by atoms with Crippen LogP contribution in [0, 0.1) is 0 Å². The Morgan fingerprint density at radius 1 is 1.29 bits per heavy atom. The maximum atomic E-state index is 12.6. The molecule has 0 heterocycles. The molecule has 0 aliphatic heterocycles. The summed E-state index contributed by atoms with van der Waals surface area (Å²) >= 11 is 0. The first-order valence-corrected chi connectivity index (χ1v) is 3.80. The first kappa shape index (κ1) is 13.0. The van der Waals surface area contributed by atoms with Crippen LogP contribution >= 0.6 is 0 Å². The van der Waals surface area contributed by atoms with Gasteiger partial charge in [0.1, 0.15) is 0 Å². The molecule has 84 valence electrons. The Labute approximate surface area is 77.7 Å². The molecule has 14 heavy (non-hydrogen) atoms. The average Bonchev–Trinajstić information content (AvgIpc) is 1.99. The van der Waals surface area contributed by atoms with Crippen LogP contribution in [-0.4, -0.2) is 29.7 Å². The van der Waals surface area contributed by atoms with Crippen molar-refractivity contribution in [1.29, 1.82) is 0 Å². The van der Waals surface area contributed by atoms with Crippen LogP contribution in [0.15, 0.2) is 0 Å². The Kier molecular flexibility index (Phi) is 4.15. The average molecular weight is 218 g/mol. The third-order valence-corrected chi connectivity index (χ3v) is 1.44. The van der Waals surface area contributed by atoms with Crippen molar-refractivity contribution in [1.82, 2.24) is 0 Å². The van der Waals surface area contributed by atoms with Gasteiger partial charge in [-0.3, -0.25) is 0 Å². The summed E-state index contributed by atoms with van der Waals surface area (Å²) in [4.78, 5) is 9.74. The van der Waals surface area contributed by atoms with Gasteiger partial charge in [-0.05, 0) is 0 Å². The molecule has 0 saturated heterocycles. The van der Waals surface area contributed by atoms with Crippen LogP contribution in [0.2, 0.25) is 0 Å². The lowest BCUT2D eigenvalue weighted by Crippen LogP contribution is -2.33. The highest BCUT2D eigenvalue weighted by Crippen LogP contribution is 2.32. The SMILES string of the molecule is CCC(F)(F)CC(F)(F)COC(=O)O. The van der Waals surface area contributed by atoms with E-state index < -0.39 is 37.4 Å². The molecule has 1 N–H and O–H groups in total. The van der Waals surface area contributed by atoms with Gasteiger partial charge < -0.3 is 9.84 Å². The number of carbonyl (C=O) groups is 1. The number of rotatable bonds is 5. The van der Waals surface area contributed by atoms with Crippen molar-refractivity contribution in [2.45, 2.75) is 31.6 Å². The first-order valence-electron chi connectivity index (χ1n) is 3.80. The van der Waals surface area contributed by atoms with Crippen molar-refractivity contribution in [3.8, 4) is 0 Å². The van der Waals surface area contributed by atoms with Crippen LogP contribution in [0.3, 0.4) is 0 Å². The molecule has 7 heteroatoms. The van der Waals surface area contributed by atoms with E-state index in [0.29, 0.717) is 0 Å². The summed E-state index contributed by atoms with van der Waals surface area (Å²) in [6, 6.07) is 0. The van der Waals surface area contributed by atoms with Crippen LogP contribution in [0.4, 0.5) is 22.4 Å². The van der Waals surface area contributed by atoms with E-state index in [4.69, 9.17) is 5.11 Å². The second-order valence-electron chi connectivity index (χ2n) is 2.80. The highest BCUT2D eigenvalue weighted by molar-refractivity contribution is 5.56. The Hall–Kier alpha value is -1.01. The number of alkyl halides is 4. The molecule has 0 amide bonds. The van der Waals surface area contributed by atoms with Gasteiger partial charge in [0.15, 0.2) is 6.61 Å². The molecule has 3 nitrogen and oxygen atoms in total. The van der Waals surface area contributed by atoms with Crippen molar-refractivity contribution < 1.29 is 32.2 Å². The van der Waals surface area contributed by atoms with Crippen molar-refractivity contribution in [3.05, 3.63) is 0 Å². The highest BCUT2D eigenvalue weighted by Gasteiger charge is 2.42. The second kappa shape index (κ2) is 4.47. The fraction of sp³-hybridized carbons (Fsp3) is 0.857. The Morgan fingerprint density at radius 2 is 1.79 bits per heavy atom. The summed E-state index contributed by atoms with van der Waals surface area (Å²) in [5, 5.41) is 7.89. The molecule has 0 aromatic carbocycles. The molecule has 0 radical (unpaired) electrons. The van der Waals surface area contributed by atoms with Crippen LogP contribution in [0.5, 0.6) is 0 Å². The zero-order chi connectivity index (χ0) is 11.4. The fourth-order valence-corrected chi connectivity index (χ4v) is 0.722. The van der Waals surface area contributed by atoms with E-state index in [9.17, 15) is 22.4 Å². The summed E-state index contributed by atoms with van der Waals surface area (Å²) in [5.41, 5.74) is 0. The maximum Gasteiger partial charge on any atom is 0.505 e. The predicted molar refractivity (Wildman–Crippen MR) is 38.8 cm³/mol. The molecule has 0 saturated carbocycles. The molecule has 0 atom stereocenters. The minimum absolute atomic E-state index is 0.727. The van der Waals surface area contributed by atoms with Gasteiger partial charge in [-0.2, -0.15) is 0 Å². The summed E-state index contributed by atoms with van der Waals surface area (Å²) in [6.45, 7) is -0.480. The van der Waals surface area contributed by atoms with Crippen LogP contribution in [-0.2, 0) is 4.74 Å². The molecule has 0 aromatic heterocycles. The van der Waals surface area contributed by atoms with Gasteiger partial charge in [0.2, 0.25) is 0 Å². The molecule has 0 unspecified atom stereocenters. The second-order valence-corrected chi connectivity index (χ2v) is 2.80. The smallest absolute Gasteiger partial charge is 0.450 e.